The van der Waals surface area contributed by atoms with Crippen molar-refractivity contribution < 1.29 is 42.4 Å². The molecule has 6 heterocycles. The first-order valence-corrected chi connectivity index (χ1v) is 15.0. The normalized spacial score (nSPS) is 32.6. The predicted octanol–water partition coefficient (Wildman–Crippen LogP) is -1.86. The zero-order chi connectivity index (χ0) is 30.8. The fourth-order valence-corrected chi connectivity index (χ4v) is 6.38. The molecule has 0 spiro atoms. The van der Waals surface area contributed by atoms with Crippen LogP contribution in [0.2, 0.25) is 0 Å². The molecule has 0 aliphatic carbocycles. The van der Waals surface area contributed by atoms with Crippen LogP contribution in [0.25, 0.3) is 22.3 Å². The van der Waals surface area contributed by atoms with Crippen LogP contribution in [0, 0.1) is 0 Å². The molecule has 2 saturated heterocycles. The fourth-order valence-electron chi connectivity index (χ4n) is 4.98. The van der Waals surface area contributed by atoms with Gasteiger partial charge in [0.25, 0.3) is 5.56 Å². The van der Waals surface area contributed by atoms with Crippen molar-refractivity contribution in [3.05, 3.63) is 23.0 Å². The monoisotopic (exact) mass is 647 g/mol. The molecule has 19 nitrogen and oxygen atoms in total. The second kappa shape index (κ2) is 10.7. The summed E-state index contributed by atoms with van der Waals surface area (Å²) in [5.41, 5.74) is 8.71. The Morgan fingerprint density at radius 1 is 1.23 bits per heavy atom. The number of nitrogens with two attached hydrogens (primary N) is 2. The molecular formula is C20H24F2N11O8PS. The summed E-state index contributed by atoms with van der Waals surface area (Å²) >= 11 is 5.07. The number of nitrogen functional groups attached to an aromatic ring is 2. The molecule has 43 heavy (non-hydrogen) atoms. The molecule has 9 atom stereocenters. The summed E-state index contributed by atoms with van der Waals surface area (Å²) in [4.78, 5) is 41.2. The van der Waals surface area contributed by atoms with Crippen LogP contribution in [0.4, 0.5) is 20.5 Å². The zero-order valence-electron chi connectivity index (χ0n) is 21.8. The predicted molar refractivity (Wildman–Crippen MR) is 143 cm³/mol. The highest BCUT2D eigenvalue weighted by atomic mass is 32.5. The number of rotatable bonds is 8. The van der Waals surface area contributed by atoms with Crippen molar-refractivity contribution in [3.63, 3.8) is 0 Å². The Bertz CT molecular complexity index is 1790. The summed E-state index contributed by atoms with van der Waals surface area (Å²) in [7, 11) is 0. The van der Waals surface area contributed by atoms with Crippen molar-refractivity contribution in [2.75, 3.05) is 24.7 Å². The Labute approximate surface area is 243 Å². The third-order valence-electron chi connectivity index (χ3n) is 7.12. The van der Waals surface area contributed by atoms with Gasteiger partial charge in [-0.3, -0.25) is 18.9 Å². The Hall–Kier alpha value is -3.34. The zero-order valence-corrected chi connectivity index (χ0v) is 23.5. The summed E-state index contributed by atoms with van der Waals surface area (Å²) < 4.78 is 55.0. The third kappa shape index (κ3) is 4.93. The maximum Gasteiger partial charge on any atom is 0.325 e. The number of ether oxygens (including phenoxy) is 2. The number of hydrogen-bond acceptors (Lipinski definition) is 16. The molecule has 2 aliphatic rings. The number of fused-ring (bicyclic) bond motifs is 2. The van der Waals surface area contributed by atoms with E-state index in [4.69, 9.17) is 41.8 Å². The Morgan fingerprint density at radius 2 is 2.00 bits per heavy atom. The largest absolute Gasteiger partial charge is 0.394 e. The maximum absolute atomic E-state index is 15.5. The van der Waals surface area contributed by atoms with E-state index in [1.807, 2.05) is 0 Å². The lowest BCUT2D eigenvalue weighted by Gasteiger charge is -2.28. The summed E-state index contributed by atoms with van der Waals surface area (Å²) in [6.07, 6.45) is -9.66. The summed E-state index contributed by atoms with van der Waals surface area (Å²) in [6, 6.07) is 0. The van der Waals surface area contributed by atoms with Gasteiger partial charge in [-0.05, 0) is 18.7 Å². The van der Waals surface area contributed by atoms with Crippen molar-refractivity contribution in [1.29, 1.82) is 0 Å². The highest BCUT2D eigenvalue weighted by Gasteiger charge is 2.55. The van der Waals surface area contributed by atoms with Crippen LogP contribution in [0.1, 0.15) is 13.2 Å². The van der Waals surface area contributed by atoms with Crippen molar-refractivity contribution in [1.82, 2.24) is 44.5 Å². The van der Waals surface area contributed by atoms with Crippen molar-refractivity contribution >= 4 is 52.6 Å². The average Bonchev–Trinajstić information content (AvgIpc) is 3.70. The van der Waals surface area contributed by atoms with Gasteiger partial charge in [-0.25, -0.2) is 23.7 Å². The molecule has 4 aromatic heterocycles. The van der Waals surface area contributed by atoms with Gasteiger partial charge in [0.2, 0.25) is 5.95 Å². The molecule has 0 amide bonds. The first kappa shape index (κ1) is 29.7. The molecule has 0 bridgehead atoms. The average molecular weight is 648 g/mol. The van der Waals surface area contributed by atoms with E-state index in [1.165, 1.54) is 17.8 Å². The highest BCUT2D eigenvalue weighted by molar-refractivity contribution is 8.07. The lowest BCUT2D eigenvalue weighted by Crippen LogP contribution is -2.40. The van der Waals surface area contributed by atoms with Crippen molar-refractivity contribution in [2.45, 2.75) is 55.6 Å². The first-order valence-electron chi connectivity index (χ1n) is 12.5. The molecule has 2 aliphatic heterocycles. The number of aromatic nitrogens is 9. The lowest BCUT2D eigenvalue weighted by molar-refractivity contribution is -0.118. The van der Waals surface area contributed by atoms with Gasteiger partial charge in [-0.2, -0.15) is 9.67 Å². The Balaban J connectivity index is 1.21. The van der Waals surface area contributed by atoms with Crippen LogP contribution in [0.5, 0.6) is 0 Å². The van der Waals surface area contributed by atoms with E-state index in [0.29, 0.717) is 0 Å². The molecule has 2 fully saturated rings. The van der Waals surface area contributed by atoms with Crippen LogP contribution >= 0.6 is 6.72 Å². The van der Waals surface area contributed by atoms with Crippen LogP contribution in [-0.4, -0.2) is 110 Å². The standard InChI is InChI=1S/C20H24F2N11O8PS/c1-20(32-5-27-9-14(23)25-4-26-15(9)32)13(22)11(35)7(40-20)3-38-42(37,43)41-12-8(21)6(2-34)39-18(12)33-16-10(30-31-33)17(36)29-19(24)28-16/h4-8,11-13,18,34-35H,2-3H2,1H3,(H,37,43)(H2,23,25,26)(H3,24,28,29,36)/t6-,7-,8+,11-,12-,13+,18-,20?,42?/m1/s1. The smallest absolute Gasteiger partial charge is 0.325 e. The van der Waals surface area contributed by atoms with Gasteiger partial charge in [0.05, 0.1) is 19.5 Å². The van der Waals surface area contributed by atoms with Gasteiger partial charge in [0.1, 0.15) is 36.3 Å². The van der Waals surface area contributed by atoms with Crippen LogP contribution in [-0.2, 0) is 36.1 Å². The number of aromatic amines is 1. The van der Waals surface area contributed by atoms with E-state index >= 15 is 8.78 Å². The van der Waals surface area contributed by atoms with Gasteiger partial charge < -0.3 is 40.6 Å². The number of imidazole rings is 1. The summed E-state index contributed by atoms with van der Waals surface area (Å²) in [5, 5.41) is 27.7. The number of aliphatic hydroxyl groups is 2. The van der Waals surface area contributed by atoms with E-state index in [-0.39, 0.29) is 34.1 Å². The third-order valence-corrected chi connectivity index (χ3v) is 8.68. The van der Waals surface area contributed by atoms with Crippen molar-refractivity contribution in [3.8, 4) is 0 Å². The molecule has 6 rings (SSSR count). The molecule has 232 valence electrons. The Kier molecular flexibility index (Phi) is 7.38. The number of alkyl halides is 2. The summed E-state index contributed by atoms with van der Waals surface area (Å²) in [5.74, 6) is -0.247. The number of H-pyrrole nitrogens is 1. The molecule has 8 N–H and O–H groups in total. The maximum atomic E-state index is 15.5. The minimum atomic E-state index is -4.39. The molecule has 0 aromatic carbocycles. The molecule has 23 heteroatoms. The van der Waals surface area contributed by atoms with Gasteiger partial charge in [0, 0.05) is 0 Å². The number of halogens is 2. The molecule has 2 unspecified atom stereocenters. The van der Waals surface area contributed by atoms with E-state index in [9.17, 15) is 19.9 Å². The van der Waals surface area contributed by atoms with E-state index in [1.54, 1.807) is 0 Å². The molecule has 0 radical (unpaired) electrons. The van der Waals surface area contributed by atoms with Gasteiger partial charge in [-0.15, -0.1) is 5.10 Å². The minimum absolute atomic E-state index is 0.0491. The first-order chi connectivity index (χ1) is 20.3. The quantitative estimate of drug-likeness (QED) is 0.114. The summed E-state index contributed by atoms with van der Waals surface area (Å²) in [6.45, 7) is -4.54. The van der Waals surface area contributed by atoms with Crippen molar-refractivity contribution in [2.24, 2.45) is 0 Å². The number of aliphatic hydroxyl groups excluding tert-OH is 2. The van der Waals surface area contributed by atoms with E-state index in [0.717, 1.165) is 11.0 Å². The van der Waals surface area contributed by atoms with Crippen LogP contribution in [0.15, 0.2) is 17.4 Å². The minimum Gasteiger partial charge on any atom is -0.394 e. The number of nitrogens with zero attached hydrogens (tertiary/aromatic N) is 8. The second-order valence-electron chi connectivity index (χ2n) is 9.83. The van der Waals surface area contributed by atoms with E-state index < -0.39 is 74.2 Å². The SMILES string of the molecule is CC1(n2cnc3c(N)ncnc32)O[C@H](COP(O)(=S)O[C@@H]2[C@@H](F)[C@@H](CO)O[C@H]2n2nnc3c(=O)[nH]c(N)nc32)[C@@H](O)[C@@H]1F. The number of hydrogen-bond donors (Lipinski definition) is 6. The lowest BCUT2D eigenvalue weighted by atomic mass is 10.1. The molecule has 0 saturated carbocycles. The molecule has 4 aromatic rings. The number of anilines is 2. The Morgan fingerprint density at radius 3 is 2.74 bits per heavy atom. The highest BCUT2D eigenvalue weighted by Crippen LogP contribution is 2.51. The topological polar surface area (TPSA) is 270 Å². The van der Waals surface area contributed by atoms with Crippen LogP contribution < -0.4 is 17.0 Å². The van der Waals surface area contributed by atoms with Crippen LogP contribution in [0.3, 0.4) is 0 Å². The van der Waals surface area contributed by atoms with Gasteiger partial charge in [0.15, 0.2) is 46.9 Å². The fraction of sp³-hybridized carbons (Fsp3) is 0.550. The van der Waals surface area contributed by atoms with Gasteiger partial charge >= 0.3 is 6.72 Å². The van der Waals surface area contributed by atoms with E-state index in [2.05, 4.69) is 35.2 Å². The molecular weight excluding hydrogens is 623 g/mol. The second-order valence-corrected chi connectivity index (χ2v) is 12.6. The van der Waals surface area contributed by atoms with Gasteiger partial charge in [-0.1, -0.05) is 5.21 Å². The number of nitrogens with one attached hydrogen (secondary N) is 1.